The molecule has 0 saturated heterocycles. The van der Waals surface area contributed by atoms with E-state index >= 15 is 0 Å². The van der Waals surface area contributed by atoms with Gasteiger partial charge in [-0.05, 0) is 25.2 Å². The third-order valence-corrected chi connectivity index (χ3v) is 2.95. The summed E-state index contributed by atoms with van der Waals surface area (Å²) in [4.78, 5) is 3.86. The molecule has 1 aromatic heterocycles. The Morgan fingerprint density at radius 3 is 2.84 bits per heavy atom. The minimum absolute atomic E-state index is 0.128. The summed E-state index contributed by atoms with van der Waals surface area (Å²) in [7, 11) is 1.73. The van der Waals surface area contributed by atoms with Crippen molar-refractivity contribution in [2.75, 3.05) is 7.05 Å². The number of pyridine rings is 1. The molecular formula is C13H11Cl2FN2O. The summed E-state index contributed by atoms with van der Waals surface area (Å²) < 4.78 is 19.5. The summed E-state index contributed by atoms with van der Waals surface area (Å²) in [6.45, 7) is 0.383. The monoisotopic (exact) mass is 300 g/mol. The lowest BCUT2D eigenvalue weighted by Gasteiger charge is -2.10. The Morgan fingerprint density at radius 1 is 1.32 bits per heavy atom. The molecule has 0 saturated carbocycles. The van der Waals surface area contributed by atoms with Crippen molar-refractivity contribution in [1.82, 2.24) is 10.3 Å². The Hall–Kier alpha value is -1.36. The molecule has 0 radical (unpaired) electrons. The van der Waals surface area contributed by atoms with Crippen LogP contribution in [0.3, 0.4) is 0 Å². The van der Waals surface area contributed by atoms with Crippen molar-refractivity contribution >= 4 is 23.2 Å². The van der Waals surface area contributed by atoms with E-state index < -0.39 is 5.82 Å². The molecule has 0 aliphatic carbocycles. The highest BCUT2D eigenvalue weighted by Crippen LogP contribution is 2.32. The molecule has 0 amide bonds. The minimum atomic E-state index is -0.520. The van der Waals surface area contributed by atoms with Crippen molar-refractivity contribution in [3.05, 3.63) is 51.9 Å². The molecule has 0 spiro atoms. The third kappa shape index (κ3) is 3.35. The van der Waals surface area contributed by atoms with Gasteiger partial charge in [0.15, 0.2) is 5.82 Å². The number of nitrogens with one attached hydrogen (secondary N) is 1. The lowest BCUT2D eigenvalue weighted by molar-refractivity contribution is 0.418. The number of hydrogen-bond acceptors (Lipinski definition) is 3. The molecule has 0 atom stereocenters. The molecule has 0 aliphatic rings. The average molecular weight is 301 g/mol. The zero-order valence-electron chi connectivity index (χ0n) is 10.1. The first-order chi connectivity index (χ1) is 9.11. The quantitative estimate of drug-likeness (QED) is 0.925. The maximum atomic E-state index is 14.1. The molecule has 0 fully saturated rings. The number of halogens is 3. The topological polar surface area (TPSA) is 34.2 Å². The predicted octanol–water partition coefficient (Wildman–Crippen LogP) is 4.04. The highest BCUT2D eigenvalue weighted by atomic mass is 35.5. The number of hydrogen-bond donors (Lipinski definition) is 1. The van der Waals surface area contributed by atoms with Crippen LogP contribution in [0.15, 0.2) is 30.5 Å². The van der Waals surface area contributed by atoms with Gasteiger partial charge in [-0.2, -0.15) is 0 Å². The van der Waals surface area contributed by atoms with E-state index in [1.54, 1.807) is 25.2 Å². The van der Waals surface area contributed by atoms with Crippen molar-refractivity contribution in [2.45, 2.75) is 6.54 Å². The number of nitrogens with zero attached hydrogens (tertiary/aromatic N) is 1. The SMILES string of the molecule is CNCc1ccnc(Oc2cc(Cl)ccc2Cl)c1F. The van der Waals surface area contributed by atoms with Gasteiger partial charge < -0.3 is 10.1 Å². The number of benzene rings is 1. The van der Waals surface area contributed by atoms with Gasteiger partial charge in [-0.25, -0.2) is 9.37 Å². The summed E-state index contributed by atoms with van der Waals surface area (Å²) >= 11 is 11.8. The van der Waals surface area contributed by atoms with Gasteiger partial charge in [0.05, 0.1) is 5.02 Å². The van der Waals surface area contributed by atoms with Crippen LogP contribution in [0.5, 0.6) is 11.6 Å². The first-order valence-electron chi connectivity index (χ1n) is 5.52. The van der Waals surface area contributed by atoms with E-state index in [-0.39, 0.29) is 11.6 Å². The van der Waals surface area contributed by atoms with Gasteiger partial charge in [0.1, 0.15) is 5.75 Å². The number of aromatic nitrogens is 1. The van der Waals surface area contributed by atoms with Crippen LogP contribution in [0.25, 0.3) is 0 Å². The van der Waals surface area contributed by atoms with Crippen LogP contribution < -0.4 is 10.1 Å². The van der Waals surface area contributed by atoms with Gasteiger partial charge in [0.25, 0.3) is 5.88 Å². The highest BCUT2D eigenvalue weighted by molar-refractivity contribution is 6.34. The second kappa shape index (κ2) is 6.19. The van der Waals surface area contributed by atoms with Crippen LogP contribution in [0, 0.1) is 5.82 Å². The Balaban J connectivity index is 2.33. The van der Waals surface area contributed by atoms with Gasteiger partial charge in [-0.15, -0.1) is 0 Å². The molecule has 1 heterocycles. The maximum Gasteiger partial charge on any atom is 0.256 e. The summed E-state index contributed by atoms with van der Waals surface area (Å²) in [5, 5.41) is 3.65. The fraction of sp³-hybridized carbons (Fsp3) is 0.154. The molecule has 6 heteroatoms. The predicted molar refractivity (Wildman–Crippen MR) is 73.5 cm³/mol. The largest absolute Gasteiger partial charge is 0.435 e. The summed E-state index contributed by atoms with van der Waals surface area (Å²) in [5.41, 5.74) is 0.464. The summed E-state index contributed by atoms with van der Waals surface area (Å²) in [5.74, 6) is -0.382. The lowest BCUT2D eigenvalue weighted by Crippen LogP contribution is -2.08. The summed E-state index contributed by atoms with van der Waals surface area (Å²) in [6, 6.07) is 6.29. The van der Waals surface area contributed by atoms with Crippen molar-refractivity contribution < 1.29 is 9.13 Å². The van der Waals surface area contributed by atoms with Crippen LogP contribution in [-0.2, 0) is 6.54 Å². The molecule has 1 aromatic carbocycles. The third-order valence-electron chi connectivity index (χ3n) is 2.40. The Kier molecular flexibility index (Phi) is 4.58. The fourth-order valence-electron chi connectivity index (χ4n) is 1.52. The molecule has 3 nitrogen and oxygen atoms in total. The Bertz CT molecular complexity index is 593. The van der Waals surface area contributed by atoms with Gasteiger partial charge >= 0.3 is 0 Å². The average Bonchev–Trinajstić information content (AvgIpc) is 2.39. The number of ether oxygens (including phenoxy) is 1. The van der Waals surface area contributed by atoms with Crippen LogP contribution in [0.2, 0.25) is 10.0 Å². The van der Waals surface area contributed by atoms with E-state index in [9.17, 15) is 4.39 Å². The number of rotatable bonds is 4. The zero-order valence-corrected chi connectivity index (χ0v) is 11.6. The van der Waals surface area contributed by atoms with Crippen LogP contribution in [0.4, 0.5) is 4.39 Å². The van der Waals surface area contributed by atoms with E-state index in [0.717, 1.165) is 0 Å². The molecule has 1 N–H and O–H groups in total. The van der Waals surface area contributed by atoms with E-state index in [4.69, 9.17) is 27.9 Å². The van der Waals surface area contributed by atoms with Crippen LogP contribution in [0.1, 0.15) is 5.56 Å². The molecule has 19 heavy (non-hydrogen) atoms. The van der Waals surface area contributed by atoms with E-state index in [1.165, 1.54) is 12.3 Å². The lowest BCUT2D eigenvalue weighted by atomic mass is 10.2. The van der Waals surface area contributed by atoms with Gasteiger partial charge in [-0.3, -0.25) is 0 Å². The minimum Gasteiger partial charge on any atom is -0.435 e. The Morgan fingerprint density at radius 2 is 2.11 bits per heavy atom. The van der Waals surface area contributed by atoms with Crippen molar-refractivity contribution in [2.24, 2.45) is 0 Å². The molecule has 0 bridgehead atoms. The molecule has 0 unspecified atom stereocenters. The normalized spacial score (nSPS) is 10.5. The van der Waals surface area contributed by atoms with Crippen molar-refractivity contribution in [3.63, 3.8) is 0 Å². The van der Waals surface area contributed by atoms with Gasteiger partial charge in [0.2, 0.25) is 0 Å². The molecule has 100 valence electrons. The van der Waals surface area contributed by atoms with Crippen LogP contribution in [-0.4, -0.2) is 12.0 Å². The zero-order chi connectivity index (χ0) is 13.8. The first kappa shape index (κ1) is 14.1. The molecular weight excluding hydrogens is 290 g/mol. The molecule has 2 rings (SSSR count). The van der Waals surface area contributed by atoms with Gasteiger partial charge in [-0.1, -0.05) is 23.2 Å². The van der Waals surface area contributed by atoms with Crippen LogP contribution >= 0.6 is 23.2 Å². The second-order valence-electron chi connectivity index (χ2n) is 3.80. The fourth-order valence-corrected chi connectivity index (χ4v) is 1.84. The second-order valence-corrected chi connectivity index (χ2v) is 4.64. The van der Waals surface area contributed by atoms with Crippen molar-refractivity contribution in [3.8, 4) is 11.6 Å². The molecule has 0 aliphatic heterocycles. The first-order valence-corrected chi connectivity index (χ1v) is 6.28. The highest BCUT2D eigenvalue weighted by Gasteiger charge is 2.13. The van der Waals surface area contributed by atoms with E-state index in [1.807, 2.05) is 0 Å². The standard InChI is InChI=1S/C13H11Cl2FN2O/c1-17-7-8-4-5-18-13(12(8)16)19-11-6-9(14)2-3-10(11)15/h2-6,17H,7H2,1H3. The van der Waals surface area contributed by atoms with E-state index in [2.05, 4.69) is 10.3 Å². The van der Waals surface area contributed by atoms with Gasteiger partial charge in [0, 0.05) is 29.4 Å². The molecule has 2 aromatic rings. The van der Waals surface area contributed by atoms with Crippen molar-refractivity contribution in [1.29, 1.82) is 0 Å². The maximum absolute atomic E-state index is 14.1. The smallest absolute Gasteiger partial charge is 0.256 e. The summed E-state index contributed by atoms with van der Waals surface area (Å²) in [6.07, 6.45) is 1.48. The Labute approximate surface area is 120 Å². The van der Waals surface area contributed by atoms with E-state index in [0.29, 0.717) is 22.2 Å².